The minimum atomic E-state index is -0.329. The van der Waals surface area contributed by atoms with Gasteiger partial charge in [0.25, 0.3) is 0 Å². The smallest absolute Gasteiger partial charge is 0.325 e. The lowest BCUT2D eigenvalue weighted by molar-refractivity contribution is -0.141. The molecule has 2 aromatic heterocycles. The maximum Gasteiger partial charge on any atom is 0.325 e. The molecular weight excluding hydrogens is 352 g/mol. The quantitative estimate of drug-likeness (QED) is 0.434. The second-order valence-corrected chi connectivity index (χ2v) is 6.58. The Morgan fingerprint density at radius 3 is 2.93 bits per heavy atom. The number of fused-ring (bicyclic) bond motifs is 2. The van der Waals surface area contributed by atoms with Crippen LogP contribution >= 0.6 is 0 Å². The van der Waals surface area contributed by atoms with Gasteiger partial charge in [-0.25, -0.2) is 4.98 Å². The molecule has 0 atom stereocenters. The molecule has 0 aliphatic rings. The molecule has 0 radical (unpaired) electrons. The van der Waals surface area contributed by atoms with Crippen molar-refractivity contribution in [1.82, 2.24) is 14.5 Å². The predicted octanol–water partition coefficient (Wildman–Crippen LogP) is 4.06. The fraction of sp³-hybridized carbons (Fsp3) is 0.136. The van der Waals surface area contributed by atoms with Crippen molar-refractivity contribution in [3.05, 3.63) is 65.6 Å². The summed E-state index contributed by atoms with van der Waals surface area (Å²) >= 11 is 0. The second-order valence-electron chi connectivity index (χ2n) is 6.58. The Morgan fingerprint density at radius 1 is 1.32 bits per heavy atom. The number of hydrogen-bond donors (Lipinski definition) is 1. The van der Waals surface area contributed by atoms with E-state index in [9.17, 15) is 10.1 Å². The van der Waals surface area contributed by atoms with E-state index in [4.69, 9.17) is 4.74 Å². The number of nitriles is 1. The van der Waals surface area contributed by atoms with Crippen LogP contribution in [0.15, 0.2) is 48.7 Å². The van der Waals surface area contributed by atoms with Crippen LogP contribution in [0.2, 0.25) is 0 Å². The number of hydrogen-bond acceptors (Lipinski definition) is 4. The van der Waals surface area contributed by atoms with Crippen LogP contribution in [0, 0.1) is 18.3 Å². The van der Waals surface area contributed by atoms with E-state index in [-0.39, 0.29) is 12.5 Å². The lowest BCUT2D eigenvalue weighted by Crippen LogP contribution is -2.10. The molecule has 0 spiro atoms. The number of aryl methyl sites for hydroxylation is 1. The van der Waals surface area contributed by atoms with Gasteiger partial charge in [0, 0.05) is 22.7 Å². The van der Waals surface area contributed by atoms with Crippen LogP contribution in [-0.4, -0.2) is 27.6 Å². The molecule has 2 aromatic carbocycles. The van der Waals surface area contributed by atoms with E-state index >= 15 is 0 Å². The zero-order valence-corrected chi connectivity index (χ0v) is 15.6. The summed E-state index contributed by atoms with van der Waals surface area (Å²) in [5.74, 6) is 0.192. The van der Waals surface area contributed by atoms with Crippen LogP contribution in [0.3, 0.4) is 0 Å². The van der Waals surface area contributed by atoms with Crippen molar-refractivity contribution in [1.29, 1.82) is 5.26 Å². The molecule has 6 nitrogen and oxygen atoms in total. The Hall–Kier alpha value is -3.85. The molecule has 0 unspecified atom stereocenters. The number of carbonyl (C=O) groups is 1. The molecule has 4 aromatic rings. The highest BCUT2D eigenvalue weighted by Crippen LogP contribution is 2.26. The number of benzene rings is 2. The van der Waals surface area contributed by atoms with Crippen molar-refractivity contribution in [2.75, 3.05) is 7.11 Å². The van der Waals surface area contributed by atoms with Crippen molar-refractivity contribution in [2.24, 2.45) is 0 Å². The molecule has 0 amide bonds. The fourth-order valence-electron chi connectivity index (χ4n) is 3.28. The van der Waals surface area contributed by atoms with Gasteiger partial charge in [0.2, 0.25) is 0 Å². The van der Waals surface area contributed by atoms with Gasteiger partial charge in [-0.3, -0.25) is 4.79 Å². The third kappa shape index (κ3) is 3.14. The maximum atomic E-state index is 11.7. The number of esters is 1. The Bertz CT molecular complexity index is 1270. The van der Waals surface area contributed by atoms with E-state index in [0.29, 0.717) is 11.4 Å². The SMILES string of the molecule is COC(=O)Cn1cc(/C=C(/C#N)c2nc3ccc(C)cc3[nH]2)c2ccccc21. The molecule has 4 rings (SSSR count). The van der Waals surface area contributed by atoms with Crippen LogP contribution in [0.25, 0.3) is 33.6 Å². The summed E-state index contributed by atoms with van der Waals surface area (Å²) in [5.41, 5.74) is 4.99. The molecule has 0 saturated carbocycles. The number of methoxy groups -OCH3 is 1. The van der Waals surface area contributed by atoms with Gasteiger partial charge >= 0.3 is 5.97 Å². The van der Waals surface area contributed by atoms with Crippen LogP contribution in [0.1, 0.15) is 17.0 Å². The van der Waals surface area contributed by atoms with Crippen LogP contribution in [-0.2, 0) is 16.1 Å². The van der Waals surface area contributed by atoms with E-state index in [1.54, 1.807) is 6.08 Å². The largest absolute Gasteiger partial charge is 0.468 e. The maximum absolute atomic E-state index is 11.7. The Labute approximate surface area is 161 Å². The normalized spacial score (nSPS) is 11.7. The number of aromatic amines is 1. The first-order chi connectivity index (χ1) is 13.6. The lowest BCUT2D eigenvalue weighted by atomic mass is 10.1. The lowest BCUT2D eigenvalue weighted by Gasteiger charge is -2.02. The highest BCUT2D eigenvalue weighted by Gasteiger charge is 2.13. The number of imidazole rings is 1. The minimum absolute atomic E-state index is 0.108. The van der Waals surface area contributed by atoms with Gasteiger partial charge < -0.3 is 14.3 Å². The summed E-state index contributed by atoms with van der Waals surface area (Å²) in [6.45, 7) is 2.12. The highest BCUT2D eigenvalue weighted by atomic mass is 16.5. The molecule has 28 heavy (non-hydrogen) atoms. The second kappa shape index (κ2) is 7.05. The molecule has 138 valence electrons. The molecule has 6 heteroatoms. The van der Waals surface area contributed by atoms with E-state index in [1.807, 2.05) is 60.2 Å². The minimum Gasteiger partial charge on any atom is -0.468 e. The molecule has 0 fully saturated rings. The average Bonchev–Trinajstić information content (AvgIpc) is 3.27. The number of aromatic nitrogens is 3. The van der Waals surface area contributed by atoms with Crippen molar-refractivity contribution in [2.45, 2.75) is 13.5 Å². The first kappa shape index (κ1) is 17.6. The molecule has 0 saturated heterocycles. The highest BCUT2D eigenvalue weighted by molar-refractivity contribution is 5.98. The number of para-hydroxylation sites is 1. The molecule has 0 aliphatic heterocycles. The zero-order chi connectivity index (χ0) is 19.7. The van der Waals surface area contributed by atoms with E-state index < -0.39 is 0 Å². The molecule has 2 heterocycles. The predicted molar refractivity (Wildman–Crippen MR) is 108 cm³/mol. The van der Waals surface area contributed by atoms with Crippen molar-refractivity contribution < 1.29 is 9.53 Å². The number of rotatable bonds is 4. The summed E-state index contributed by atoms with van der Waals surface area (Å²) < 4.78 is 6.61. The number of H-pyrrole nitrogens is 1. The van der Waals surface area contributed by atoms with Crippen LogP contribution < -0.4 is 0 Å². The van der Waals surface area contributed by atoms with Gasteiger partial charge in [-0.05, 0) is 36.8 Å². The van der Waals surface area contributed by atoms with Crippen molar-refractivity contribution in [3.63, 3.8) is 0 Å². The Morgan fingerprint density at radius 2 is 2.14 bits per heavy atom. The fourth-order valence-corrected chi connectivity index (χ4v) is 3.28. The summed E-state index contributed by atoms with van der Waals surface area (Å²) in [4.78, 5) is 19.5. The summed E-state index contributed by atoms with van der Waals surface area (Å²) in [6.07, 6.45) is 3.65. The summed E-state index contributed by atoms with van der Waals surface area (Å²) in [7, 11) is 1.37. The van der Waals surface area contributed by atoms with E-state index in [1.165, 1.54) is 7.11 Å². The van der Waals surface area contributed by atoms with Gasteiger partial charge in [-0.15, -0.1) is 0 Å². The monoisotopic (exact) mass is 370 g/mol. The Balaban J connectivity index is 1.82. The number of ether oxygens (including phenoxy) is 1. The van der Waals surface area contributed by atoms with E-state index in [0.717, 1.165) is 33.1 Å². The first-order valence-corrected chi connectivity index (χ1v) is 8.82. The number of nitrogens with zero attached hydrogens (tertiary/aromatic N) is 3. The molecule has 1 N–H and O–H groups in total. The first-order valence-electron chi connectivity index (χ1n) is 8.82. The molecular formula is C22H18N4O2. The van der Waals surface area contributed by atoms with Crippen molar-refractivity contribution in [3.8, 4) is 6.07 Å². The van der Waals surface area contributed by atoms with Crippen LogP contribution in [0.4, 0.5) is 0 Å². The standard InChI is InChI=1S/C22H18N4O2/c1-14-7-8-18-19(9-14)25-22(24-18)15(11-23)10-16-12-26(13-21(27)28-2)20-6-4-3-5-17(16)20/h3-10,12H,13H2,1-2H3,(H,24,25)/b15-10-. The molecule has 0 aliphatic carbocycles. The van der Waals surface area contributed by atoms with Gasteiger partial charge in [-0.2, -0.15) is 5.26 Å². The number of allylic oxidation sites excluding steroid dienone is 1. The molecule has 0 bridgehead atoms. The van der Waals surface area contributed by atoms with Gasteiger partial charge in [0.05, 0.1) is 23.7 Å². The number of nitrogens with one attached hydrogen (secondary N) is 1. The van der Waals surface area contributed by atoms with Gasteiger partial charge in [0.1, 0.15) is 18.4 Å². The van der Waals surface area contributed by atoms with Crippen LogP contribution in [0.5, 0.6) is 0 Å². The van der Waals surface area contributed by atoms with Crippen molar-refractivity contribution >= 4 is 39.6 Å². The third-order valence-electron chi connectivity index (χ3n) is 4.66. The Kier molecular flexibility index (Phi) is 4.42. The number of carbonyl (C=O) groups excluding carboxylic acids is 1. The summed E-state index contributed by atoms with van der Waals surface area (Å²) in [6, 6.07) is 15.9. The van der Waals surface area contributed by atoms with E-state index in [2.05, 4.69) is 16.0 Å². The average molecular weight is 370 g/mol. The van der Waals surface area contributed by atoms with Gasteiger partial charge in [0.15, 0.2) is 0 Å². The zero-order valence-electron chi connectivity index (χ0n) is 15.6. The third-order valence-corrected chi connectivity index (χ3v) is 4.66. The summed E-state index contributed by atoms with van der Waals surface area (Å²) in [5, 5.41) is 10.7. The van der Waals surface area contributed by atoms with Gasteiger partial charge in [-0.1, -0.05) is 24.3 Å². The topological polar surface area (TPSA) is 83.7 Å².